The summed E-state index contributed by atoms with van der Waals surface area (Å²) >= 11 is 0. The highest BCUT2D eigenvalue weighted by molar-refractivity contribution is 5.51. The summed E-state index contributed by atoms with van der Waals surface area (Å²) in [6.45, 7) is 10.0. The first-order valence-electron chi connectivity index (χ1n) is 8.09. The number of anilines is 1. The molecule has 1 aromatic rings. The van der Waals surface area contributed by atoms with Crippen LogP contribution >= 0.6 is 0 Å². The Kier molecular flexibility index (Phi) is 6.00. The lowest BCUT2D eigenvalue weighted by molar-refractivity contribution is 0.396. The minimum Gasteiger partial charge on any atom is -0.373 e. The van der Waals surface area contributed by atoms with Crippen LogP contribution in [-0.2, 0) is 6.54 Å². The number of nitrogens with one attached hydrogen (secondary N) is 1. The molecular weight excluding hydrogens is 260 g/mol. The molecule has 1 atom stereocenters. The topological polar surface area (TPSA) is 31.4 Å². The highest BCUT2D eigenvalue weighted by Gasteiger charge is 2.21. The second kappa shape index (κ2) is 7.76. The highest BCUT2D eigenvalue weighted by atomic mass is 15.2. The zero-order chi connectivity index (χ0) is 15.2. The average Bonchev–Trinajstić information content (AvgIpc) is 2.84. The molecule has 1 saturated heterocycles. The predicted molar refractivity (Wildman–Crippen MR) is 89.7 cm³/mol. The monoisotopic (exact) mass is 290 g/mol. The van der Waals surface area contributed by atoms with Crippen molar-refractivity contribution in [2.24, 2.45) is 11.8 Å². The number of hydrogen-bond acceptors (Lipinski definition) is 4. The lowest BCUT2D eigenvalue weighted by atomic mass is 10.1. The first kappa shape index (κ1) is 16.2. The summed E-state index contributed by atoms with van der Waals surface area (Å²) in [4.78, 5) is 9.12. The Bertz CT molecular complexity index is 433. The SMILES string of the molecule is CC(C)CNCc1ccncc1N(C)CC1CCN(C)C1. The van der Waals surface area contributed by atoms with Gasteiger partial charge in [-0.15, -0.1) is 0 Å². The number of nitrogens with zero attached hydrogens (tertiary/aromatic N) is 3. The van der Waals surface area contributed by atoms with Crippen LogP contribution in [0.2, 0.25) is 0 Å². The van der Waals surface area contributed by atoms with Crippen molar-refractivity contribution in [1.29, 1.82) is 0 Å². The van der Waals surface area contributed by atoms with Gasteiger partial charge in [-0.05, 0) is 50.0 Å². The van der Waals surface area contributed by atoms with Gasteiger partial charge in [0.1, 0.15) is 0 Å². The molecule has 1 aliphatic rings. The largest absolute Gasteiger partial charge is 0.373 e. The van der Waals surface area contributed by atoms with Gasteiger partial charge < -0.3 is 15.1 Å². The summed E-state index contributed by atoms with van der Waals surface area (Å²) < 4.78 is 0. The summed E-state index contributed by atoms with van der Waals surface area (Å²) in [6.07, 6.45) is 5.21. The molecule has 1 aliphatic heterocycles. The molecule has 1 unspecified atom stereocenters. The average molecular weight is 290 g/mol. The summed E-state index contributed by atoms with van der Waals surface area (Å²) in [5.74, 6) is 1.46. The van der Waals surface area contributed by atoms with Gasteiger partial charge in [-0.1, -0.05) is 13.8 Å². The normalized spacial score (nSPS) is 19.4. The minimum absolute atomic E-state index is 0.682. The smallest absolute Gasteiger partial charge is 0.0595 e. The van der Waals surface area contributed by atoms with Crippen molar-refractivity contribution >= 4 is 5.69 Å². The van der Waals surface area contributed by atoms with E-state index in [2.05, 4.69) is 54.1 Å². The third kappa shape index (κ3) is 4.97. The van der Waals surface area contributed by atoms with Crippen LogP contribution in [0.5, 0.6) is 0 Å². The maximum atomic E-state index is 4.32. The van der Waals surface area contributed by atoms with E-state index >= 15 is 0 Å². The van der Waals surface area contributed by atoms with E-state index in [0.717, 1.165) is 25.6 Å². The Morgan fingerprint density at radius 3 is 2.95 bits per heavy atom. The molecule has 2 heterocycles. The number of hydrogen-bond donors (Lipinski definition) is 1. The molecule has 1 fully saturated rings. The Labute approximate surface area is 129 Å². The van der Waals surface area contributed by atoms with E-state index in [-0.39, 0.29) is 0 Å². The molecule has 0 amide bonds. The van der Waals surface area contributed by atoms with Crippen LogP contribution in [0.1, 0.15) is 25.8 Å². The van der Waals surface area contributed by atoms with Crippen LogP contribution < -0.4 is 10.2 Å². The molecule has 0 radical (unpaired) electrons. The van der Waals surface area contributed by atoms with Crippen molar-refractivity contribution in [1.82, 2.24) is 15.2 Å². The molecule has 21 heavy (non-hydrogen) atoms. The summed E-state index contributed by atoms with van der Waals surface area (Å²) in [5.41, 5.74) is 2.61. The van der Waals surface area contributed by atoms with E-state index in [9.17, 15) is 0 Å². The van der Waals surface area contributed by atoms with E-state index in [1.165, 1.54) is 30.8 Å². The molecule has 4 nitrogen and oxygen atoms in total. The van der Waals surface area contributed by atoms with Gasteiger partial charge >= 0.3 is 0 Å². The van der Waals surface area contributed by atoms with E-state index in [0.29, 0.717) is 5.92 Å². The maximum absolute atomic E-state index is 4.32. The van der Waals surface area contributed by atoms with E-state index in [4.69, 9.17) is 0 Å². The van der Waals surface area contributed by atoms with Gasteiger partial charge in [-0.2, -0.15) is 0 Å². The van der Waals surface area contributed by atoms with Gasteiger partial charge in [0.15, 0.2) is 0 Å². The van der Waals surface area contributed by atoms with Gasteiger partial charge in [-0.25, -0.2) is 0 Å². The Balaban J connectivity index is 1.94. The third-order valence-corrected chi connectivity index (χ3v) is 4.19. The second-order valence-corrected chi connectivity index (χ2v) is 6.83. The van der Waals surface area contributed by atoms with E-state index in [1.54, 1.807) is 0 Å². The van der Waals surface area contributed by atoms with Gasteiger partial charge in [0, 0.05) is 32.9 Å². The van der Waals surface area contributed by atoms with Crippen LogP contribution in [0.4, 0.5) is 5.69 Å². The fourth-order valence-electron chi connectivity index (χ4n) is 3.06. The van der Waals surface area contributed by atoms with Crippen molar-refractivity contribution in [3.8, 4) is 0 Å². The lowest BCUT2D eigenvalue weighted by Crippen LogP contribution is -2.29. The molecule has 0 saturated carbocycles. The highest BCUT2D eigenvalue weighted by Crippen LogP contribution is 2.22. The fourth-order valence-corrected chi connectivity index (χ4v) is 3.06. The molecule has 1 aromatic heterocycles. The van der Waals surface area contributed by atoms with Crippen molar-refractivity contribution in [3.05, 3.63) is 24.0 Å². The Hall–Kier alpha value is -1.13. The van der Waals surface area contributed by atoms with Gasteiger partial charge in [0.25, 0.3) is 0 Å². The Morgan fingerprint density at radius 1 is 1.48 bits per heavy atom. The molecule has 0 bridgehead atoms. The van der Waals surface area contributed by atoms with Crippen LogP contribution in [0.25, 0.3) is 0 Å². The van der Waals surface area contributed by atoms with E-state index < -0.39 is 0 Å². The Morgan fingerprint density at radius 2 is 2.29 bits per heavy atom. The summed E-state index contributed by atoms with van der Waals surface area (Å²) in [7, 11) is 4.41. The van der Waals surface area contributed by atoms with Crippen molar-refractivity contribution in [2.75, 3.05) is 45.2 Å². The molecule has 118 valence electrons. The zero-order valence-electron chi connectivity index (χ0n) is 14.0. The number of likely N-dealkylation sites (tertiary alicyclic amines) is 1. The van der Waals surface area contributed by atoms with Crippen molar-refractivity contribution in [3.63, 3.8) is 0 Å². The van der Waals surface area contributed by atoms with Crippen molar-refractivity contribution < 1.29 is 0 Å². The van der Waals surface area contributed by atoms with E-state index in [1.807, 2.05) is 12.4 Å². The number of pyridine rings is 1. The maximum Gasteiger partial charge on any atom is 0.0595 e. The van der Waals surface area contributed by atoms with Crippen LogP contribution in [0.15, 0.2) is 18.5 Å². The van der Waals surface area contributed by atoms with Crippen LogP contribution in [-0.4, -0.2) is 50.2 Å². The molecule has 0 aromatic carbocycles. The first-order valence-corrected chi connectivity index (χ1v) is 8.09. The van der Waals surface area contributed by atoms with Crippen molar-refractivity contribution in [2.45, 2.75) is 26.8 Å². The standard InChI is InChI=1S/C17H30N4/c1-14(2)9-19-10-16-5-7-18-11-17(16)21(4)13-15-6-8-20(3)12-15/h5,7,11,14-15,19H,6,8-10,12-13H2,1-4H3. The first-order chi connectivity index (χ1) is 10.1. The van der Waals surface area contributed by atoms with Gasteiger partial charge in [0.2, 0.25) is 0 Å². The summed E-state index contributed by atoms with van der Waals surface area (Å²) in [6, 6.07) is 2.14. The molecule has 4 heteroatoms. The van der Waals surface area contributed by atoms with Gasteiger partial charge in [0.05, 0.1) is 11.9 Å². The summed E-state index contributed by atoms with van der Waals surface area (Å²) in [5, 5.41) is 3.53. The number of rotatable bonds is 7. The molecular formula is C17H30N4. The van der Waals surface area contributed by atoms with Gasteiger partial charge in [-0.3, -0.25) is 4.98 Å². The zero-order valence-corrected chi connectivity index (χ0v) is 14.0. The fraction of sp³-hybridized carbons (Fsp3) is 0.706. The molecule has 0 spiro atoms. The molecule has 2 rings (SSSR count). The molecule has 0 aliphatic carbocycles. The van der Waals surface area contributed by atoms with Crippen LogP contribution in [0, 0.1) is 11.8 Å². The quantitative estimate of drug-likeness (QED) is 0.834. The minimum atomic E-state index is 0.682. The third-order valence-electron chi connectivity index (χ3n) is 4.19. The van der Waals surface area contributed by atoms with Crippen LogP contribution in [0.3, 0.4) is 0 Å². The number of aromatic nitrogens is 1. The lowest BCUT2D eigenvalue weighted by Gasteiger charge is -2.25. The second-order valence-electron chi connectivity index (χ2n) is 6.83. The predicted octanol–water partition coefficient (Wildman–Crippen LogP) is 2.22. The molecule has 1 N–H and O–H groups in total.